The molecule has 10 aromatic carbocycles. The molecule has 0 N–H and O–H groups in total. The lowest BCUT2D eigenvalue weighted by molar-refractivity contribution is 0.669. The number of hydrogen-bond acceptors (Lipinski definition) is 2. The molecule has 2 aliphatic rings. The number of fused-ring (bicyclic) bond motifs is 15. The summed E-state index contributed by atoms with van der Waals surface area (Å²) >= 11 is 0. The van der Waals surface area contributed by atoms with Crippen molar-refractivity contribution in [1.82, 2.24) is 0 Å². The molecule has 0 fully saturated rings. The first kappa shape index (κ1) is 35.5. The van der Waals surface area contributed by atoms with E-state index in [0.29, 0.717) is 0 Å². The highest BCUT2D eigenvalue weighted by Crippen LogP contribution is 2.61. The molecule has 0 bridgehead atoms. The first-order chi connectivity index (χ1) is 31.2. The van der Waals surface area contributed by atoms with Crippen molar-refractivity contribution >= 4 is 39.0 Å². The number of nitrogens with zero attached hydrogens (tertiary/aromatic N) is 1. The number of furan rings is 1. The summed E-state index contributed by atoms with van der Waals surface area (Å²) in [5, 5.41) is 2.22. The molecule has 0 atom stereocenters. The normalized spacial score (nSPS) is 12.9. The van der Waals surface area contributed by atoms with Gasteiger partial charge in [-0.05, 0) is 132 Å². The molecule has 2 heteroatoms. The third kappa shape index (κ3) is 5.32. The molecule has 11 aromatic rings. The molecule has 0 unspecified atom stereocenters. The van der Waals surface area contributed by atoms with E-state index in [0.717, 1.165) is 39.0 Å². The van der Waals surface area contributed by atoms with Gasteiger partial charge >= 0.3 is 0 Å². The van der Waals surface area contributed by atoms with E-state index in [-0.39, 0.29) is 0 Å². The maximum absolute atomic E-state index is 6.26. The fourth-order valence-corrected chi connectivity index (χ4v) is 10.8. The van der Waals surface area contributed by atoms with E-state index < -0.39 is 5.41 Å². The van der Waals surface area contributed by atoms with Crippen LogP contribution in [0.5, 0.6) is 0 Å². The molecule has 1 heterocycles. The van der Waals surface area contributed by atoms with Crippen LogP contribution in [0.1, 0.15) is 22.3 Å². The van der Waals surface area contributed by atoms with Crippen molar-refractivity contribution < 1.29 is 4.42 Å². The van der Waals surface area contributed by atoms with Crippen LogP contribution in [0.2, 0.25) is 0 Å². The van der Waals surface area contributed by atoms with E-state index in [1.165, 1.54) is 77.9 Å². The van der Waals surface area contributed by atoms with Gasteiger partial charge in [-0.3, -0.25) is 0 Å². The summed E-state index contributed by atoms with van der Waals surface area (Å²) in [7, 11) is 0. The second-order valence-corrected chi connectivity index (χ2v) is 16.8. The quantitative estimate of drug-likeness (QED) is 0.172. The van der Waals surface area contributed by atoms with Gasteiger partial charge in [0.25, 0.3) is 0 Å². The van der Waals surface area contributed by atoms with Crippen LogP contribution < -0.4 is 4.90 Å². The second-order valence-electron chi connectivity index (χ2n) is 16.8. The highest BCUT2D eigenvalue weighted by Gasteiger charge is 2.49. The molecule has 2 nitrogen and oxygen atoms in total. The van der Waals surface area contributed by atoms with Crippen molar-refractivity contribution in [2.75, 3.05) is 4.90 Å². The van der Waals surface area contributed by atoms with Gasteiger partial charge in [-0.25, -0.2) is 0 Å². The van der Waals surface area contributed by atoms with Crippen LogP contribution in [-0.4, -0.2) is 0 Å². The summed E-state index contributed by atoms with van der Waals surface area (Å²) < 4.78 is 6.26. The summed E-state index contributed by atoms with van der Waals surface area (Å²) in [6.07, 6.45) is 0. The number of para-hydroxylation sites is 1. The van der Waals surface area contributed by atoms with E-state index in [4.69, 9.17) is 4.42 Å². The Hall–Kier alpha value is -8.20. The van der Waals surface area contributed by atoms with Crippen LogP contribution in [0.4, 0.5) is 17.1 Å². The average Bonchev–Trinajstić information content (AvgIpc) is 3.84. The Bertz CT molecular complexity index is 3490. The average molecular weight is 802 g/mol. The Labute approximate surface area is 366 Å². The molecule has 1 aromatic heterocycles. The van der Waals surface area contributed by atoms with E-state index in [1.807, 2.05) is 12.1 Å². The monoisotopic (exact) mass is 801 g/mol. The molecule has 0 radical (unpaired) electrons. The van der Waals surface area contributed by atoms with Crippen molar-refractivity contribution in [2.24, 2.45) is 0 Å². The molecule has 1 spiro atoms. The van der Waals surface area contributed by atoms with Gasteiger partial charge in [0.1, 0.15) is 11.2 Å². The van der Waals surface area contributed by atoms with Gasteiger partial charge in [0, 0.05) is 27.8 Å². The summed E-state index contributed by atoms with van der Waals surface area (Å²) in [5.74, 6) is 0. The Kier molecular flexibility index (Phi) is 7.85. The fourth-order valence-electron chi connectivity index (χ4n) is 10.8. The summed E-state index contributed by atoms with van der Waals surface area (Å²) in [4.78, 5) is 2.35. The van der Waals surface area contributed by atoms with Crippen LogP contribution >= 0.6 is 0 Å². The predicted molar refractivity (Wildman–Crippen MR) is 261 cm³/mol. The van der Waals surface area contributed by atoms with Crippen LogP contribution in [0.3, 0.4) is 0 Å². The number of benzene rings is 10. The maximum atomic E-state index is 6.26. The van der Waals surface area contributed by atoms with Crippen molar-refractivity contribution in [2.45, 2.75) is 5.41 Å². The van der Waals surface area contributed by atoms with Crippen LogP contribution in [0.25, 0.3) is 77.6 Å². The number of hydrogen-bond donors (Lipinski definition) is 0. The lowest BCUT2D eigenvalue weighted by atomic mass is 9.66. The van der Waals surface area contributed by atoms with E-state index >= 15 is 0 Å². The lowest BCUT2D eigenvalue weighted by Crippen LogP contribution is -2.29. The van der Waals surface area contributed by atoms with Gasteiger partial charge in [0.2, 0.25) is 0 Å². The zero-order valence-corrected chi connectivity index (χ0v) is 34.4. The SMILES string of the molecule is c1ccc(-c2ccc(N(c3ccc(-c4ccc5c(c4)-c4ccccc4C54c5ccccc5-c5ccccc5-c5ccccc54)cc3)c3ccc4oc5ccccc5c4c3)cc2)cc1. The molecule has 63 heavy (non-hydrogen) atoms. The fraction of sp³-hybridized carbons (Fsp3) is 0.0164. The Morgan fingerprint density at radius 1 is 0.270 bits per heavy atom. The molecular weight excluding hydrogens is 763 g/mol. The molecule has 0 aliphatic heterocycles. The standard InChI is InChI=1S/C61H39NO/c1-2-14-40(15-3-1)41-26-31-44(32-27-41)62(46-35-37-60-54(39-46)52-21-9-13-25-59(52)63-60)45-33-28-42(29-34-45)43-30-36-58-53(38-43)51-20-8-12-24-57(51)61(58)55-22-10-6-18-49(55)47-16-4-5-17-48(47)50-19-7-11-23-56(50)61/h1-39H. The summed E-state index contributed by atoms with van der Waals surface area (Å²) in [6, 6.07) is 86.7. The van der Waals surface area contributed by atoms with Crippen LogP contribution in [-0.2, 0) is 5.41 Å². The minimum atomic E-state index is -0.488. The Morgan fingerprint density at radius 2 is 0.698 bits per heavy atom. The maximum Gasteiger partial charge on any atom is 0.135 e. The van der Waals surface area contributed by atoms with Crippen molar-refractivity contribution in [3.63, 3.8) is 0 Å². The molecular formula is C61H39NO. The zero-order valence-electron chi connectivity index (χ0n) is 34.4. The largest absolute Gasteiger partial charge is 0.456 e. The molecule has 0 saturated heterocycles. The number of anilines is 3. The van der Waals surface area contributed by atoms with E-state index in [2.05, 4.69) is 229 Å². The molecule has 0 amide bonds. The molecule has 294 valence electrons. The number of rotatable bonds is 5. The van der Waals surface area contributed by atoms with E-state index in [1.54, 1.807) is 0 Å². The van der Waals surface area contributed by atoms with Gasteiger partial charge in [-0.15, -0.1) is 0 Å². The molecule has 2 aliphatic carbocycles. The van der Waals surface area contributed by atoms with Gasteiger partial charge in [-0.1, -0.05) is 182 Å². The van der Waals surface area contributed by atoms with Crippen molar-refractivity contribution in [3.05, 3.63) is 259 Å². The second kappa shape index (κ2) is 13.9. The Morgan fingerprint density at radius 3 is 1.32 bits per heavy atom. The van der Waals surface area contributed by atoms with Gasteiger partial charge < -0.3 is 9.32 Å². The minimum Gasteiger partial charge on any atom is -0.456 e. The van der Waals surface area contributed by atoms with Gasteiger partial charge in [0.05, 0.1) is 5.41 Å². The highest BCUT2D eigenvalue weighted by molar-refractivity contribution is 6.06. The first-order valence-corrected chi connectivity index (χ1v) is 21.7. The van der Waals surface area contributed by atoms with Crippen molar-refractivity contribution in [1.29, 1.82) is 0 Å². The smallest absolute Gasteiger partial charge is 0.135 e. The van der Waals surface area contributed by atoms with Crippen molar-refractivity contribution in [3.8, 4) is 55.6 Å². The topological polar surface area (TPSA) is 16.4 Å². The van der Waals surface area contributed by atoms with Crippen LogP contribution in [0.15, 0.2) is 241 Å². The van der Waals surface area contributed by atoms with Crippen LogP contribution in [0, 0.1) is 0 Å². The van der Waals surface area contributed by atoms with E-state index in [9.17, 15) is 0 Å². The first-order valence-electron chi connectivity index (χ1n) is 21.7. The zero-order chi connectivity index (χ0) is 41.5. The van der Waals surface area contributed by atoms with Gasteiger partial charge in [-0.2, -0.15) is 0 Å². The molecule has 13 rings (SSSR count). The lowest BCUT2D eigenvalue weighted by Gasteiger charge is -2.35. The molecule has 0 saturated carbocycles. The summed E-state index contributed by atoms with van der Waals surface area (Å²) in [6.45, 7) is 0. The van der Waals surface area contributed by atoms with Gasteiger partial charge in [0.15, 0.2) is 0 Å². The minimum absolute atomic E-state index is 0.488. The third-order valence-electron chi connectivity index (χ3n) is 13.5. The highest BCUT2D eigenvalue weighted by atomic mass is 16.3. The summed E-state index contributed by atoms with van der Waals surface area (Å²) in [5.41, 5.74) is 22.3. The predicted octanol–water partition coefficient (Wildman–Crippen LogP) is 16.4. The third-order valence-corrected chi connectivity index (χ3v) is 13.5. The Balaban J connectivity index is 0.948.